The van der Waals surface area contributed by atoms with Crippen LogP contribution in [0.4, 0.5) is 5.69 Å². The number of aromatic amines is 1. The quantitative estimate of drug-likeness (QED) is 0.555. The lowest BCUT2D eigenvalue weighted by Gasteiger charge is -2.08. The van der Waals surface area contributed by atoms with Crippen molar-refractivity contribution in [1.82, 2.24) is 30.4 Å². The maximum Gasteiger partial charge on any atom is 0.361 e. The summed E-state index contributed by atoms with van der Waals surface area (Å²) in [5, 5.41) is 20.4. The van der Waals surface area contributed by atoms with E-state index in [4.69, 9.17) is 4.74 Å². The van der Waals surface area contributed by atoms with Crippen LogP contribution in [0.5, 0.6) is 11.8 Å². The molecule has 0 spiro atoms. The molecule has 0 fully saturated rings. The predicted molar refractivity (Wildman–Crippen MR) is 102 cm³/mol. The molecule has 140 valence electrons. The molecule has 9 heteroatoms. The van der Waals surface area contributed by atoms with E-state index < -0.39 is 0 Å². The second-order valence-electron chi connectivity index (χ2n) is 6.16. The smallest absolute Gasteiger partial charge is 0.361 e. The van der Waals surface area contributed by atoms with Gasteiger partial charge in [-0.25, -0.2) is 4.68 Å². The standard InChI is InChI=1S/C19H17N7O2/c1-12-11-13(2)26(23-12)16-7-3-14(4-8-16)18(27)20-15-5-9-17(10-6-15)28-19-21-24-25-22-19/h3-11H,1-2H3,(H,20,27)(H,21,22,24,25). The second-order valence-corrected chi connectivity index (χ2v) is 6.16. The Morgan fingerprint density at radius 2 is 1.82 bits per heavy atom. The van der Waals surface area contributed by atoms with Crippen molar-refractivity contribution in [1.29, 1.82) is 0 Å². The minimum absolute atomic E-state index is 0.125. The summed E-state index contributed by atoms with van der Waals surface area (Å²) in [6, 6.07) is 16.3. The lowest BCUT2D eigenvalue weighted by Crippen LogP contribution is -2.12. The SMILES string of the molecule is Cc1cc(C)n(-c2ccc(C(=O)Nc3ccc(Oc4nn[nH]n4)cc3)cc2)n1. The van der Waals surface area contributed by atoms with Crippen molar-refractivity contribution in [3.05, 3.63) is 71.5 Å². The van der Waals surface area contributed by atoms with Gasteiger partial charge in [-0.1, -0.05) is 10.2 Å². The van der Waals surface area contributed by atoms with Crippen LogP contribution in [-0.4, -0.2) is 36.3 Å². The first-order valence-corrected chi connectivity index (χ1v) is 8.55. The number of rotatable bonds is 5. The maximum absolute atomic E-state index is 12.5. The molecule has 0 aliphatic carbocycles. The van der Waals surface area contributed by atoms with Gasteiger partial charge >= 0.3 is 6.01 Å². The monoisotopic (exact) mass is 375 g/mol. The summed E-state index contributed by atoms with van der Waals surface area (Å²) in [5.41, 5.74) is 4.10. The Bertz CT molecular complexity index is 1080. The molecule has 0 aliphatic rings. The van der Waals surface area contributed by atoms with Crippen molar-refractivity contribution >= 4 is 11.6 Å². The van der Waals surface area contributed by atoms with Crippen LogP contribution in [0.1, 0.15) is 21.7 Å². The lowest BCUT2D eigenvalue weighted by atomic mass is 10.2. The van der Waals surface area contributed by atoms with Crippen molar-refractivity contribution in [3.63, 3.8) is 0 Å². The third-order valence-corrected chi connectivity index (χ3v) is 4.03. The van der Waals surface area contributed by atoms with Gasteiger partial charge in [-0.2, -0.15) is 10.3 Å². The van der Waals surface area contributed by atoms with Crippen molar-refractivity contribution in [2.75, 3.05) is 5.32 Å². The Labute approximate surface area is 160 Å². The highest BCUT2D eigenvalue weighted by molar-refractivity contribution is 6.04. The van der Waals surface area contributed by atoms with Gasteiger partial charge in [0, 0.05) is 16.9 Å². The molecule has 1 amide bonds. The van der Waals surface area contributed by atoms with Gasteiger partial charge in [-0.3, -0.25) is 4.79 Å². The molecule has 4 rings (SSSR count). The summed E-state index contributed by atoms with van der Waals surface area (Å²) in [6.07, 6.45) is 0. The normalized spacial score (nSPS) is 10.6. The van der Waals surface area contributed by atoms with E-state index in [9.17, 15) is 4.79 Å². The number of aryl methyl sites for hydroxylation is 2. The number of tetrazole rings is 1. The zero-order chi connectivity index (χ0) is 19.5. The molecule has 0 radical (unpaired) electrons. The molecule has 2 aromatic heterocycles. The van der Waals surface area contributed by atoms with Crippen LogP contribution in [0, 0.1) is 13.8 Å². The van der Waals surface area contributed by atoms with Gasteiger partial charge in [-0.15, -0.1) is 0 Å². The van der Waals surface area contributed by atoms with E-state index in [1.807, 2.05) is 36.7 Å². The van der Waals surface area contributed by atoms with Crippen molar-refractivity contribution < 1.29 is 9.53 Å². The number of nitrogens with one attached hydrogen (secondary N) is 2. The van der Waals surface area contributed by atoms with E-state index in [1.165, 1.54) is 0 Å². The van der Waals surface area contributed by atoms with Crippen LogP contribution in [0.3, 0.4) is 0 Å². The fraction of sp³-hybridized carbons (Fsp3) is 0.105. The first-order valence-electron chi connectivity index (χ1n) is 8.55. The van der Waals surface area contributed by atoms with Crippen molar-refractivity contribution in [3.8, 4) is 17.4 Å². The topological polar surface area (TPSA) is 111 Å². The van der Waals surface area contributed by atoms with Gasteiger partial charge in [-0.05, 0) is 73.7 Å². The summed E-state index contributed by atoms with van der Waals surface area (Å²) >= 11 is 0. The van der Waals surface area contributed by atoms with Gasteiger partial charge in [0.1, 0.15) is 5.75 Å². The third kappa shape index (κ3) is 3.73. The number of anilines is 1. The third-order valence-electron chi connectivity index (χ3n) is 4.03. The molecule has 0 unspecified atom stereocenters. The molecule has 0 saturated heterocycles. The average molecular weight is 375 g/mol. The van der Waals surface area contributed by atoms with Gasteiger partial charge in [0.25, 0.3) is 5.91 Å². The van der Waals surface area contributed by atoms with E-state index in [2.05, 4.69) is 31.0 Å². The van der Waals surface area contributed by atoms with Crippen molar-refractivity contribution in [2.24, 2.45) is 0 Å². The number of H-pyrrole nitrogens is 1. The van der Waals surface area contributed by atoms with Crippen LogP contribution in [0.2, 0.25) is 0 Å². The van der Waals surface area contributed by atoms with E-state index in [0.717, 1.165) is 17.1 Å². The van der Waals surface area contributed by atoms with Crippen LogP contribution >= 0.6 is 0 Å². The molecule has 0 atom stereocenters. The highest BCUT2D eigenvalue weighted by Crippen LogP contribution is 2.20. The van der Waals surface area contributed by atoms with E-state index in [0.29, 0.717) is 17.0 Å². The van der Waals surface area contributed by atoms with Gasteiger partial charge in [0.2, 0.25) is 0 Å². The molecule has 0 bridgehead atoms. The Morgan fingerprint density at radius 1 is 1.07 bits per heavy atom. The maximum atomic E-state index is 12.5. The largest absolute Gasteiger partial charge is 0.422 e. The molecule has 28 heavy (non-hydrogen) atoms. The van der Waals surface area contributed by atoms with Crippen molar-refractivity contribution in [2.45, 2.75) is 13.8 Å². The fourth-order valence-corrected chi connectivity index (χ4v) is 2.76. The molecule has 2 N–H and O–H groups in total. The minimum Gasteiger partial charge on any atom is -0.422 e. The number of aromatic nitrogens is 6. The molecular weight excluding hydrogens is 358 g/mol. The molecular formula is C19H17N7O2. The molecule has 2 heterocycles. The van der Waals surface area contributed by atoms with E-state index >= 15 is 0 Å². The van der Waals surface area contributed by atoms with Crippen LogP contribution in [0.25, 0.3) is 5.69 Å². The number of nitrogens with zero attached hydrogens (tertiary/aromatic N) is 5. The molecule has 4 aromatic rings. The zero-order valence-corrected chi connectivity index (χ0v) is 15.2. The number of carbonyl (C=O) groups is 1. The number of hydrogen-bond donors (Lipinski definition) is 2. The van der Waals surface area contributed by atoms with Crippen LogP contribution < -0.4 is 10.1 Å². The Morgan fingerprint density at radius 3 is 2.43 bits per heavy atom. The first kappa shape index (κ1) is 17.4. The van der Waals surface area contributed by atoms with E-state index in [1.54, 1.807) is 36.4 Å². The fourth-order valence-electron chi connectivity index (χ4n) is 2.76. The number of benzene rings is 2. The van der Waals surface area contributed by atoms with E-state index in [-0.39, 0.29) is 11.9 Å². The zero-order valence-electron chi connectivity index (χ0n) is 15.2. The number of ether oxygens (including phenoxy) is 1. The Balaban J connectivity index is 1.42. The van der Waals surface area contributed by atoms with Gasteiger partial charge < -0.3 is 10.1 Å². The first-order chi connectivity index (χ1) is 13.6. The summed E-state index contributed by atoms with van der Waals surface area (Å²) in [6.45, 7) is 3.94. The van der Waals surface area contributed by atoms with Crippen LogP contribution in [0.15, 0.2) is 54.6 Å². The second kappa shape index (κ2) is 7.31. The minimum atomic E-state index is -0.202. The molecule has 2 aromatic carbocycles. The Kier molecular flexibility index (Phi) is 4.55. The van der Waals surface area contributed by atoms with Crippen LogP contribution in [-0.2, 0) is 0 Å². The molecule has 0 aliphatic heterocycles. The summed E-state index contributed by atoms with van der Waals surface area (Å²) in [4.78, 5) is 12.5. The highest BCUT2D eigenvalue weighted by atomic mass is 16.5. The summed E-state index contributed by atoms with van der Waals surface area (Å²) < 4.78 is 7.24. The average Bonchev–Trinajstić information content (AvgIpc) is 3.32. The molecule has 0 saturated carbocycles. The Hall–Kier alpha value is -4.01. The lowest BCUT2D eigenvalue weighted by molar-refractivity contribution is 0.102. The predicted octanol–water partition coefficient (Wildman–Crippen LogP) is 3.05. The number of hydrogen-bond acceptors (Lipinski definition) is 6. The highest BCUT2D eigenvalue weighted by Gasteiger charge is 2.09. The van der Waals surface area contributed by atoms with Gasteiger partial charge in [0.05, 0.1) is 11.4 Å². The summed E-state index contributed by atoms with van der Waals surface area (Å²) in [5.74, 6) is 0.334. The molecule has 9 nitrogen and oxygen atoms in total. The van der Waals surface area contributed by atoms with Gasteiger partial charge in [0.15, 0.2) is 0 Å². The number of amides is 1. The number of carbonyl (C=O) groups excluding carboxylic acids is 1. The summed E-state index contributed by atoms with van der Waals surface area (Å²) in [7, 11) is 0.